The van der Waals surface area contributed by atoms with E-state index < -0.39 is 0 Å². The molecule has 2 rings (SSSR count). The van der Waals surface area contributed by atoms with Crippen LogP contribution >= 0.6 is 0 Å². The van der Waals surface area contributed by atoms with Crippen molar-refractivity contribution in [3.05, 3.63) is 36.0 Å². The SMILES string of the molecule is CCn1cc(CCC(C)N)c2ccccc21. The minimum atomic E-state index is 0.281. The van der Waals surface area contributed by atoms with Gasteiger partial charge in [0.2, 0.25) is 0 Å². The first-order chi connectivity index (χ1) is 7.72. The van der Waals surface area contributed by atoms with E-state index in [1.54, 1.807) is 0 Å². The van der Waals surface area contributed by atoms with Crippen LogP contribution in [0, 0.1) is 0 Å². The molecule has 0 spiro atoms. The molecule has 0 bridgehead atoms. The van der Waals surface area contributed by atoms with Crippen molar-refractivity contribution in [2.75, 3.05) is 0 Å². The molecule has 2 N–H and O–H groups in total. The molecule has 0 saturated heterocycles. The average molecular weight is 216 g/mol. The summed E-state index contributed by atoms with van der Waals surface area (Å²) in [7, 11) is 0. The van der Waals surface area contributed by atoms with Crippen LogP contribution < -0.4 is 5.73 Å². The fourth-order valence-corrected chi connectivity index (χ4v) is 2.17. The van der Waals surface area contributed by atoms with Gasteiger partial charge >= 0.3 is 0 Å². The van der Waals surface area contributed by atoms with Gasteiger partial charge in [0.15, 0.2) is 0 Å². The number of nitrogens with zero attached hydrogens (tertiary/aromatic N) is 1. The standard InChI is InChI=1S/C14H20N2/c1-3-16-10-12(9-8-11(2)15)13-6-4-5-7-14(13)16/h4-7,10-11H,3,8-9,15H2,1-2H3. The van der Waals surface area contributed by atoms with Crippen LogP contribution in [0.25, 0.3) is 10.9 Å². The molecule has 1 unspecified atom stereocenters. The highest BCUT2D eigenvalue weighted by atomic mass is 14.9. The van der Waals surface area contributed by atoms with Gasteiger partial charge in [-0.05, 0) is 38.3 Å². The van der Waals surface area contributed by atoms with E-state index >= 15 is 0 Å². The molecule has 2 heteroatoms. The molecule has 0 amide bonds. The van der Waals surface area contributed by atoms with Gasteiger partial charge in [-0.2, -0.15) is 0 Å². The first-order valence-corrected chi connectivity index (χ1v) is 6.04. The van der Waals surface area contributed by atoms with Crippen molar-refractivity contribution in [3.63, 3.8) is 0 Å². The Labute approximate surface area is 97.1 Å². The summed E-state index contributed by atoms with van der Waals surface area (Å²) in [5.74, 6) is 0. The monoisotopic (exact) mass is 216 g/mol. The Morgan fingerprint density at radius 1 is 1.31 bits per heavy atom. The molecule has 1 aromatic heterocycles. The lowest BCUT2D eigenvalue weighted by Gasteiger charge is -2.03. The molecular weight excluding hydrogens is 196 g/mol. The number of aryl methyl sites for hydroxylation is 2. The lowest BCUT2D eigenvalue weighted by atomic mass is 10.1. The van der Waals surface area contributed by atoms with Crippen LogP contribution in [0.3, 0.4) is 0 Å². The normalized spacial score (nSPS) is 13.2. The van der Waals surface area contributed by atoms with Crippen LogP contribution in [-0.4, -0.2) is 10.6 Å². The van der Waals surface area contributed by atoms with E-state index in [0.29, 0.717) is 0 Å². The van der Waals surface area contributed by atoms with Gasteiger partial charge in [0.05, 0.1) is 0 Å². The minimum absolute atomic E-state index is 0.281. The Morgan fingerprint density at radius 2 is 2.06 bits per heavy atom. The number of aromatic nitrogens is 1. The van der Waals surface area contributed by atoms with E-state index in [1.807, 2.05) is 0 Å². The van der Waals surface area contributed by atoms with Gasteiger partial charge in [0.25, 0.3) is 0 Å². The van der Waals surface area contributed by atoms with E-state index in [9.17, 15) is 0 Å². The van der Waals surface area contributed by atoms with E-state index in [1.165, 1.54) is 16.5 Å². The second-order valence-corrected chi connectivity index (χ2v) is 4.47. The summed E-state index contributed by atoms with van der Waals surface area (Å²) in [6.45, 7) is 5.28. The van der Waals surface area contributed by atoms with Crippen molar-refractivity contribution in [2.24, 2.45) is 5.73 Å². The van der Waals surface area contributed by atoms with Crippen LogP contribution in [0.1, 0.15) is 25.8 Å². The third-order valence-corrected chi connectivity index (χ3v) is 3.08. The largest absolute Gasteiger partial charge is 0.347 e. The summed E-state index contributed by atoms with van der Waals surface area (Å²) in [6, 6.07) is 8.89. The number of nitrogens with two attached hydrogens (primary N) is 1. The van der Waals surface area contributed by atoms with Gasteiger partial charge < -0.3 is 10.3 Å². The average Bonchev–Trinajstić information content (AvgIpc) is 2.65. The zero-order valence-electron chi connectivity index (χ0n) is 10.1. The Morgan fingerprint density at radius 3 is 2.75 bits per heavy atom. The highest BCUT2D eigenvalue weighted by Crippen LogP contribution is 2.22. The third-order valence-electron chi connectivity index (χ3n) is 3.08. The quantitative estimate of drug-likeness (QED) is 0.837. The number of hydrogen-bond acceptors (Lipinski definition) is 1. The second kappa shape index (κ2) is 4.71. The summed E-state index contributed by atoms with van der Waals surface area (Å²) in [5.41, 5.74) is 8.58. The molecule has 1 aromatic carbocycles. The molecular formula is C14H20N2. The number of hydrogen-bond donors (Lipinski definition) is 1. The van der Waals surface area contributed by atoms with Crippen LogP contribution in [0.2, 0.25) is 0 Å². The molecule has 1 atom stereocenters. The zero-order chi connectivity index (χ0) is 11.5. The topological polar surface area (TPSA) is 30.9 Å². The van der Waals surface area contributed by atoms with Gasteiger partial charge in [0, 0.05) is 29.7 Å². The van der Waals surface area contributed by atoms with Crippen molar-refractivity contribution >= 4 is 10.9 Å². The third kappa shape index (κ3) is 2.12. The van der Waals surface area contributed by atoms with Gasteiger partial charge in [-0.25, -0.2) is 0 Å². The molecule has 0 radical (unpaired) electrons. The fraction of sp³-hybridized carbons (Fsp3) is 0.429. The highest BCUT2D eigenvalue weighted by Gasteiger charge is 2.07. The first-order valence-electron chi connectivity index (χ1n) is 6.04. The predicted molar refractivity (Wildman–Crippen MR) is 69.6 cm³/mol. The fourth-order valence-electron chi connectivity index (χ4n) is 2.17. The van der Waals surface area contributed by atoms with Crippen LogP contribution in [0.4, 0.5) is 0 Å². The maximum Gasteiger partial charge on any atom is 0.0483 e. The number of fused-ring (bicyclic) bond motifs is 1. The molecule has 86 valence electrons. The molecule has 0 fully saturated rings. The summed E-state index contributed by atoms with van der Waals surface area (Å²) in [6.07, 6.45) is 4.40. The minimum Gasteiger partial charge on any atom is -0.347 e. The smallest absolute Gasteiger partial charge is 0.0483 e. The Balaban J connectivity index is 2.37. The Bertz CT molecular complexity index is 469. The van der Waals surface area contributed by atoms with Crippen molar-refractivity contribution in [2.45, 2.75) is 39.3 Å². The van der Waals surface area contributed by atoms with Crippen LogP contribution in [-0.2, 0) is 13.0 Å². The number of benzene rings is 1. The zero-order valence-corrected chi connectivity index (χ0v) is 10.1. The van der Waals surface area contributed by atoms with E-state index in [2.05, 4.69) is 48.9 Å². The number of para-hydroxylation sites is 1. The molecule has 0 saturated carbocycles. The highest BCUT2D eigenvalue weighted by molar-refractivity contribution is 5.83. The van der Waals surface area contributed by atoms with Crippen molar-refractivity contribution in [3.8, 4) is 0 Å². The van der Waals surface area contributed by atoms with E-state index in [-0.39, 0.29) is 6.04 Å². The molecule has 2 aromatic rings. The summed E-state index contributed by atoms with van der Waals surface area (Å²) in [5, 5.41) is 1.38. The Hall–Kier alpha value is -1.28. The van der Waals surface area contributed by atoms with Gasteiger partial charge in [-0.3, -0.25) is 0 Å². The molecule has 2 nitrogen and oxygen atoms in total. The van der Waals surface area contributed by atoms with E-state index in [0.717, 1.165) is 19.4 Å². The predicted octanol–water partition coefficient (Wildman–Crippen LogP) is 2.94. The van der Waals surface area contributed by atoms with Crippen LogP contribution in [0.15, 0.2) is 30.5 Å². The summed E-state index contributed by atoms with van der Waals surface area (Å²) < 4.78 is 2.31. The Kier molecular flexibility index (Phi) is 3.30. The molecule has 0 aliphatic heterocycles. The van der Waals surface area contributed by atoms with Gasteiger partial charge in [0.1, 0.15) is 0 Å². The van der Waals surface area contributed by atoms with Crippen molar-refractivity contribution in [1.82, 2.24) is 4.57 Å². The molecule has 1 heterocycles. The number of rotatable bonds is 4. The lowest BCUT2D eigenvalue weighted by molar-refractivity contribution is 0.665. The molecule has 16 heavy (non-hydrogen) atoms. The van der Waals surface area contributed by atoms with Crippen molar-refractivity contribution in [1.29, 1.82) is 0 Å². The maximum atomic E-state index is 5.82. The second-order valence-electron chi connectivity index (χ2n) is 4.47. The molecule has 0 aliphatic carbocycles. The molecule has 0 aliphatic rings. The summed E-state index contributed by atoms with van der Waals surface area (Å²) in [4.78, 5) is 0. The van der Waals surface area contributed by atoms with Crippen molar-refractivity contribution < 1.29 is 0 Å². The van der Waals surface area contributed by atoms with Gasteiger partial charge in [-0.1, -0.05) is 18.2 Å². The van der Waals surface area contributed by atoms with Crippen LogP contribution in [0.5, 0.6) is 0 Å². The van der Waals surface area contributed by atoms with E-state index in [4.69, 9.17) is 5.73 Å². The van der Waals surface area contributed by atoms with Gasteiger partial charge in [-0.15, -0.1) is 0 Å². The first kappa shape index (κ1) is 11.2. The summed E-state index contributed by atoms with van der Waals surface area (Å²) >= 11 is 0. The lowest BCUT2D eigenvalue weighted by Crippen LogP contribution is -2.15. The maximum absolute atomic E-state index is 5.82.